The van der Waals surface area contributed by atoms with Crippen molar-refractivity contribution in [3.8, 4) is 0 Å². The van der Waals surface area contributed by atoms with Gasteiger partial charge >= 0.3 is 0 Å². The monoisotopic (exact) mass is 587 g/mol. The van der Waals surface area contributed by atoms with Crippen LogP contribution in [0.1, 0.15) is 38.3 Å². The van der Waals surface area contributed by atoms with E-state index in [9.17, 15) is 22.4 Å². The van der Waals surface area contributed by atoms with Crippen molar-refractivity contribution >= 4 is 39.1 Å². The summed E-state index contributed by atoms with van der Waals surface area (Å²) in [5.41, 5.74) is 1.60. The minimum absolute atomic E-state index is 0.00600. The molecule has 1 atom stereocenters. The van der Waals surface area contributed by atoms with Crippen molar-refractivity contribution in [2.75, 3.05) is 17.4 Å². The molecule has 0 spiro atoms. The molecular weight excluding hydrogens is 553 g/mol. The highest BCUT2D eigenvalue weighted by Gasteiger charge is 2.34. The molecule has 0 saturated heterocycles. The Bertz CT molecular complexity index is 1410. The molecular formula is C30H35ClFN3O4S. The minimum Gasteiger partial charge on any atom is -0.354 e. The lowest BCUT2D eigenvalue weighted by Gasteiger charge is -2.33. The van der Waals surface area contributed by atoms with Gasteiger partial charge in [-0.1, -0.05) is 68.3 Å². The lowest BCUT2D eigenvalue weighted by Crippen LogP contribution is -2.52. The van der Waals surface area contributed by atoms with Gasteiger partial charge in [0.05, 0.1) is 10.6 Å². The Morgan fingerprint density at radius 2 is 1.60 bits per heavy atom. The SMILES string of the molecule is CC[C@H](C(=O)NCC(C)C)N(Cc1ccccc1Cl)C(=O)CN(c1ccc(F)cc1)S(=O)(=O)c1ccc(C)cc1. The predicted molar refractivity (Wildman–Crippen MR) is 156 cm³/mol. The van der Waals surface area contributed by atoms with E-state index < -0.39 is 34.3 Å². The van der Waals surface area contributed by atoms with E-state index in [-0.39, 0.29) is 29.0 Å². The number of carbonyl (C=O) groups excluding carboxylic acids is 2. The molecule has 3 rings (SSSR count). The molecule has 7 nitrogen and oxygen atoms in total. The molecule has 1 N–H and O–H groups in total. The zero-order chi connectivity index (χ0) is 29.4. The summed E-state index contributed by atoms with van der Waals surface area (Å²) in [5.74, 6) is -1.29. The molecule has 0 fully saturated rings. The molecule has 0 bridgehead atoms. The summed E-state index contributed by atoms with van der Waals surface area (Å²) in [6.45, 7) is 7.35. The molecule has 40 heavy (non-hydrogen) atoms. The summed E-state index contributed by atoms with van der Waals surface area (Å²) in [7, 11) is -4.23. The van der Waals surface area contributed by atoms with Gasteiger partial charge in [-0.2, -0.15) is 0 Å². The van der Waals surface area contributed by atoms with Crippen LogP contribution >= 0.6 is 11.6 Å². The fourth-order valence-corrected chi connectivity index (χ4v) is 5.74. The van der Waals surface area contributed by atoms with Gasteiger partial charge in [0.1, 0.15) is 18.4 Å². The Morgan fingerprint density at radius 1 is 0.975 bits per heavy atom. The number of nitrogens with one attached hydrogen (secondary N) is 1. The van der Waals surface area contributed by atoms with Gasteiger partial charge in [0, 0.05) is 18.1 Å². The first-order valence-electron chi connectivity index (χ1n) is 13.1. The van der Waals surface area contributed by atoms with Gasteiger partial charge in [-0.3, -0.25) is 13.9 Å². The van der Waals surface area contributed by atoms with Gasteiger partial charge in [-0.05, 0) is 67.3 Å². The Kier molecular flexibility index (Phi) is 10.7. The number of amides is 2. The quantitative estimate of drug-likeness (QED) is 0.300. The van der Waals surface area contributed by atoms with Crippen LogP contribution < -0.4 is 9.62 Å². The maximum atomic E-state index is 14.0. The van der Waals surface area contributed by atoms with E-state index in [1.165, 1.54) is 29.2 Å². The van der Waals surface area contributed by atoms with Crippen molar-refractivity contribution in [3.05, 3.63) is 94.8 Å². The van der Waals surface area contributed by atoms with Crippen LogP contribution in [0, 0.1) is 18.7 Å². The Morgan fingerprint density at radius 3 is 2.17 bits per heavy atom. The fraction of sp³-hybridized carbons (Fsp3) is 0.333. The smallest absolute Gasteiger partial charge is 0.264 e. The molecule has 2 amide bonds. The maximum absolute atomic E-state index is 14.0. The number of benzene rings is 3. The third-order valence-corrected chi connectivity index (χ3v) is 8.53. The number of halogens is 2. The molecule has 0 aliphatic heterocycles. The van der Waals surface area contributed by atoms with E-state index in [0.29, 0.717) is 23.6 Å². The van der Waals surface area contributed by atoms with Gasteiger partial charge in [-0.25, -0.2) is 12.8 Å². The van der Waals surface area contributed by atoms with Crippen LogP contribution in [0.3, 0.4) is 0 Å². The minimum atomic E-state index is -4.23. The van der Waals surface area contributed by atoms with Gasteiger partial charge in [0.2, 0.25) is 11.8 Å². The Labute approximate surface area is 241 Å². The van der Waals surface area contributed by atoms with Crippen molar-refractivity contribution in [2.24, 2.45) is 5.92 Å². The Hall–Kier alpha value is -3.43. The number of aryl methyl sites for hydroxylation is 1. The van der Waals surface area contributed by atoms with E-state index in [1.54, 1.807) is 43.3 Å². The second kappa shape index (κ2) is 13.8. The number of hydrogen-bond donors (Lipinski definition) is 1. The zero-order valence-electron chi connectivity index (χ0n) is 23.1. The molecule has 0 aliphatic carbocycles. The van der Waals surface area contributed by atoms with Gasteiger partial charge in [0.15, 0.2) is 0 Å². The Balaban J connectivity index is 2.05. The molecule has 3 aromatic rings. The zero-order valence-corrected chi connectivity index (χ0v) is 24.7. The van der Waals surface area contributed by atoms with Crippen molar-refractivity contribution in [3.63, 3.8) is 0 Å². The summed E-state index contributed by atoms with van der Waals surface area (Å²) in [6, 6.07) is 17.2. The second-order valence-electron chi connectivity index (χ2n) is 9.98. The van der Waals surface area contributed by atoms with Crippen molar-refractivity contribution in [1.82, 2.24) is 10.2 Å². The molecule has 0 heterocycles. The third kappa shape index (κ3) is 7.82. The van der Waals surface area contributed by atoms with Crippen LogP contribution in [0.2, 0.25) is 5.02 Å². The van der Waals surface area contributed by atoms with Crippen LogP contribution in [-0.4, -0.2) is 44.3 Å². The van der Waals surface area contributed by atoms with Crippen LogP contribution in [0.5, 0.6) is 0 Å². The van der Waals surface area contributed by atoms with Gasteiger partial charge < -0.3 is 10.2 Å². The van der Waals surface area contributed by atoms with E-state index in [0.717, 1.165) is 22.0 Å². The molecule has 0 radical (unpaired) electrons. The number of carbonyl (C=O) groups is 2. The highest BCUT2D eigenvalue weighted by Crippen LogP contribution is 2.26. The predicted octanol–water partition coefficient (Wildman–Crippen LogP) is 5.56. The largest absolute Gasteiger partial charge is 0.354 e. The second-order valence-corrected chi connectivity index (χ2v) is 12.2. The van der Waals surface area contributed by atoms with E-state index in [4.69, 9.17) is 11.6 Å². The molecule has 0 aliphatic rings. The number of rotatable bonds is 12. The van der Waals surface area contributed by atoms with Crippen LogP contribution in [-0.2, 0) is 26.2 Å². The molecule has 0 saturated carbocycles. The lowest BCUT2D eigenvalue weighted by atomic mass is 10.1. The van der Waals surface area contributed by atoms with Crippen molar-refractivity contribution < 1.29 is 22.4 Å². The molecule has 10 heteroatoms. The number of anilines is 1. The number of nitrogens with zero attached hydrogens (tertiary/aromatic N) is 2. The first-order valence-corrected chi connectivity index (χ1v) is 14.9. The van der Waals surface area contributed by atoms with E-state index >= 15 is 0 Å². The van der Waals surface area contributed by atoms with Crippen molar-refractivity contribution in [1.29, 1.82) is 0 Å². The average Bonchev–Trinajstić information content (AvgIpc) is 2.92. The van der Waals surface area contributed by atoms with Gasteiger partial charge in [-0.15, -0.1) is 0 Å². The van der Waals surface area contributed by atoms with E-state index in [2.05, 4.69) is 5.32 Å². The molecule has 214 valence electrons. The number of sulfonamides is 1. The topological polar surface area (TPSA) is 86.8 Å². The summed E-state index contributed by atoms with van der Waals surface area (Å²) in [4.78, 5) is 28.6. The first kappa shape index (κ1) is 31.1. The van der Waals surface area contributed by atoms with Crippen LogP contribution in [0.15, 0.2) is 77.7 Å². The highest BCUT2D eigenvalue weighted by atomic mass is 35.5. The molecule has 0 aromatic heterocycles. The summed E-state index contributed by atoms with van der Waals surface area (Å²) in [6.07, 6.45) is 0.293. The lowest BCUT2D eigenvalue weighted by molar-refractivity contribution is -0.140. The summed E-state index contributed by atoms with van der Waals surface area (Å²) in [5, 5.41) is 3.30. The molecule has 3 aromatic carbocycles. The fourth-order valence-electron chi connectivity index (χ4n) is 4.13. The van der Waals surface area contributed by atoms with Crippen LogP contribution in [0.25, 0.3) is 0 Å². The van der Waals surface area contributed by atoms with E-state index in [1.807, 2.05) is 20.8 Å². The molecule has 0 unspecified atom stereocenters. The third-order valence-electron chi connectivity index (χ3n) is 6.37. The normalized spacial score (nSPS) is 12.2. The van der Waals surface area contributed by atoms with Gasteiger partial charge in [0.25, 0.3) is 10.0 Å². The average molecular weight is 588 g/mol. The highest BCUT2D eigenvalue weighted by molar-refractivity contribution is 7.92. The van der Waals surface area contributed by atoms with Crippen LogP contribution in [0.4, 0.5) is 10.1 Å². The standard InChI is InChI=1S/C30H35ClFN3O4S/c1-5-28(30(37)33-18-21(2)3)34(19-23-8-6-7-9-27(23)31)29(36)20-35(25-14-12-24(32)13-15-25)40(38,39)26-16-10-22(4)11-17-26/h6-17,21,28H,5,18-20H2,1-4H3,(H,33,37)/t28-/m1/s1. The van der Waals surface area contributed by atoms with Crippen molar-refractivity contribution in [2.45, 2.75) is 51.6 Å². The number of hydrogen-bond acceptors (Lipinski definition) is 4. The maximum Gasteiger partial charge on any atom is 0.264 e. The summed E-state index contributed by atoms with van der Waals surface area (Å²) >= 11 is 6.40. The first-order chi connectivity index (χ1) is 18.9. The summed E-state index contributed by atoms with van der Waals surface area (Å²) < 4.78 is 42.3.